The van der Waals surface area contributed by atoms with Gasteiger partial charge in [0.1, 0.15) is 11.5 Å². The van der Waals surface area contributed by atoms with Crippen molar-refractivity contribution in [2.75, 3.05) is 0 Å². The molecule has 3 aliphatic rings. The van der Waals surface area contributed by atoms with E-state index in [0.717, 1.165) is 50.4 Å². The molecule has 13 rings (SSSR count). The zero-order valence-corrected chi connectivity index (χ0v) is 34.1. The van der Waals surface area contributed by atoms with Gasteiger partial charge in [0.05, 0.1) is 5.41 Å². The first-order valence-corrected chi connectivity index (χ1v) is 21.5. The molecule has 0 N–H and O–H groups in total. The second-order valence-electron chi connectivity index (χ2n) is 16.6. The average molecular weight is 804 g/mol. The Kier molecular flexibility index (Phi) is 7.85. The Hall–Kier alpha value is -8.21. The fraction of sp³-hybridized carbons (Fsp3) is 0.0339. The Balaban J connectivity index is 0.931. The summed E-state index contributed by atoms with van der Waals surface area (Å²) in [6, 6.07) is 77.9. The highest BCUT2D eigenvalue weighted by Crippen LogP contribution is 2.62. The number of ether oxygens (including phenoxy) is 1. The molecule has 0 fully saturated rings. The minimum absolute atomic E-state index is 0.204. The molecule has 1 aromatic heterocycles. The first-order chi connectivity index (χ1) is 31.2. The molecule has 4 nitrogen and oxygen atoms in total. The van der Waals surface area contributed by atoms with E-state index in [4.69, 9.17) is 19.7 Å². The van der Waals surface area contributed by atoms with E-state index in [1.165, 1.54) is 50.1 Å². The van der Waals surface area contributed by atoms with E-state index in [0.29, 0.717) is 17.5 Å². The highest BCUT2D eigenvalue weighted by atomic mass is 16.5. The van der Waals surface area contributed by atoms with Crippen LogP contribution in [0.1, 0.15) is 44.9 Å². The fourth-order valence-corrected chi connectivity index (χ4v) is 10.6. The second-order valence-corrected chi connectivity index (χ2v) is 16.6. The van der Waals surface area contributed by atoms with Crippen LogP contribution in [-0.2, 0) is 5.41 Å². The van der Waals surface area contributed by atoms with Gasteiger partial charge < -0.3 is 4.74 Å². The number of benzene rings is 9. The molecule has 0 radical (unpaired) electrons. The summed E-state index contributed by atoms with van der Waals surface area (Å²) < 4.78 is 6.74. The maximum Gasteiger partial charge on any atom is 0.164 e. The van der Waals surface area contributed by atoms with Crippen LogP contribution in [0, 0.1) is 0 Å². The summed E-state index contributed by atoms with van der Waals surface area (Å²) in [4.78, 5) is 15.6. The molecule has 9 aromatic carbocycles. The van der Waals surface area contributed by atoms with Crippen molar-refractivity contribution < 1.29 is 4.74 Å². The normalized spacial score (nSPS) is 13.6. The molecular formula is C59H37N3O. The van der Waals surface area contributed by atoms with Gasteiger partial charge in [-0.15, -0.1) is 0 Å². The van der Waals surface area contributed by atoms with Crippen LogP contribution in [0.4, 0.5) is 0 Å². The highest BCUT2D eigenvalue weighted by molar-refractivity contribution is 5.89. The summed E-state index contributed by atoms with van der Waals surface area (Å²) in [5, 5.41) is 0. The highest BCUT2D eigenvalue weighted by Gasteiger charge is 2.51. The molecular weight excluding hydrogens is 767 g/mol. The molecule has 1 aliphatic heterocycles. The van der Waals surface area contributed by atoms with E-state index in [9.17, 15) is 0 Å². The summed E-state index contributed by atoms with van der Waals surface area (Å²) in [6.45, 7) is 0. The van der Waals surface area contributed by atoms with Gasteiger partial charge in [0, 0.05) is 33.7 Å². The number of fused-ring (bicyclic) bond motifs is 12. The maximum atomic E-state index is 6.74. The Morgan fingerprint density at radius 2 is 0.794 bits per heavy atom. The summed E-state index contributed by atoms with van der Waals surface area (Å²) in [6.07, 6.45) is 0. The van der Waals surface area contributed by atoms with Crippen LogP contribution >= 0.6 is 0 Å². The summed E-state index contributed by atoms with van der Waals surface area (Å²) in [7, 11) is 0. The monoisotopic (exact) mass is 803 g/mol. The Morgan fingerprint density at radius 1 is 0.317 bits per heavy atom. The zero-order valence-electron chi connectivity index (χ0n) is 34.1. The molecule has 0 amide bonds. The van der Waals surface area contributed by atoms with Gasteiger partial charge >= 0.3 is 0 Å². The topological polar surface area (TPSA) is 47.9 Å². The standard InChI is InChI=1S/C59H37N3O/c1-2-15-39(16-3-1)56-60-57(41-18-14-17-40(35-41)37-29-31-38(32-30-37)55-47-23-6-4-19-43(47)44-20-5-7-24-48(44)55)62-58(61-56)42-33-34-54-52(36-42)59(51-27-12-13-28-53(51)63-54)49-25-10-8-21-45(49)46-22-9-11-26-50(46)59/h1-36,55H. The molecule has 1 spiro atoms. The second kappa shape index (κ2) is 13.9. The van der Waals surface area contributed by atoms with Gasteiger partial charge in [-0.3, -0.25) is 0 Å². The predicted octanol–water partition coefficient (Wildman–Crippen LogP) is 14.2. The Bertz CT molecular complexity index is 3360. The van der Waals surface area contributed by atoms with Crippen molar-refractivity contribution in [2.24, 2.45) is 0 Å². The first kappa shape index (κ1) is 35.5. The van der Waals surface area contributed by atoms with Gasteiger partial charge in [0.25, 0.3) is 0 Å². The van der Waals surface area contributed by atoms with E-state index in [-0.39, 0.29) is 5.92 Å². The molecule has 0 bridgehead atoms. The minimum atomic E-state index is -0.597. The molecule has 0 unspecified atom stereocenters. The van der Waals surface area contributed by atoms with Crippen molar-refractivity contribution >= 4 is 0 Å². The summed E-state index contributed by atoms with van der Waals surface area (Å²) >= 11 is 0. The molecule has 0 saturated heterocycles. The maximum absolute atomic E-state index is 6.74. The molecule has 0 atom stereocenters. The summed E-state index contributed by atoms with van der Waals surface area (Å²) in [5.41, 5.74) is 18.2. The van der Waals surface area contributed by atoms with Crippen LogP contribution in [0.15, 0.2) is 218 Å². The molecule has 63 heavy (non-hydrogen) atoms. The Labute approximate surface area is 365 Å². The van der Waals surface area contributed by atoms with Gasteiger partial charge in [0.2, 0.25) is 0 Å². The Morgan fingerprint density at radius 3 is 1.46 bits per heavy atom. The van der Waals surface area contributed by atoms with Crippen molar-refractivity contribution in [1.82, 2.24) is 15.0 Å². The third-order valence-corrected chi connectivity index (χ3v) is 13.3. The molecule has 10 aromatic rings. The van der Waals surface area contributed by atoms with Gasteiger partial charge in [-0.25, -0.2) is 15.0 Å². The smallest absolute Gasteiger partial charge is 0.164 e. The lowest BCUT2D eigenvalue weighted by molar-refractivity contribution is 0.436. The van der Waals surface area contributed by atoms with E-state index >= 15 is 0 Å². The van der Waals surface area contributed by atoms with E-state index in [1.807, 2.05) is 18.2 Å². The van der Waals surface area contributed by atoms with Gasteiger partial charge in [-0.1, -0.05) is 188 Å². The van der Waals surface area contributed by atoms with Crippen molar-refractivity contribution in [3.63, 3.8) is 0 Å². The number of para-hydroxylation sites is 1. The number of hydrogen-bond donors (Lipinski definition) is 0. The molecule has 0 saturated carbocycles. The van der Waals surface area contributed by atoms with Crippen LogP contribution in [0.2, 0.25) is 0 Å². The van der Waals surface area contributed by atoms with Crippen molar-refractivity contribution in [3.8, 4) is 79.0 Å². The lowest BCUT2D eigenvalue weighted by atomic mass is 9.66. The fourth-order valence-electron chi connectivity index (χ4n) is 10.6. The minimum Gasteiger partial charge on any atom is -0.457 e. The van der Waals surface area contributed by atoms with Crippen LogP contribution in [0.25, 0.3) is 67.5 Å². The van der Waals surface area contributed by atoms with Crippen LogP contribution in [0.3, 0.4) is 0 Å². The molecule has 294 valence electrons. The van der Waals surface area contributed by atoms with E-state index < -0.39 is 5.41 Å². The quantitative estimate of drug-likeness (QED) is 0.174. The van der Waals surface area contributed by atoms with Crippen molar-refractivity contribution in [1.29, 1.82) is 0 Å². The van der Waals surface area contributed by atoms with Crippen LogP contribution in [-0.4, -0.2) is 15.0 Å². The SMILES string of the molecule is c1ccc(-c2nc(-c3cccc(-c4ccc(C5c6ccccc6-c6ccccc65)cc4)c3)nc(-c3ccc4c(c3)C3(c5ccccc5O4)c4ccccc4-c4ccccc43)n2)cc1. The van der Waals surface area contributed by atoms with E-state index in [2.05, 4.69) is 200 Å². The van der Waals surface area contributed by atoms with Crippen LogP contribution in [0.5, 0.6) is 11.5 Å². The largest absolute Gasteiger partial charge is 0.457 e. The van der Waals surface area contributed by atoms with Crippen molar-refractivity contribution in [3.05, 3.63) is 257 Å². The van der Waals surface area contributed by atoms with Crippen LogP contribution < -0.4 is 4.74 Å². The number of aromatic nitrogens is 3. The third-order valence-electron chi connectivity index (χ3n) is 13.3. The van der Waals surface area contributed by atoms with Gasteiger partial charge in [-0.05, 0) is 91.5 Å². The zero-order chi connectivity index (χ0) is 41.5. The number of rotatable bonds is 5. The average Bonchev–Trinajstić information content (AvgIpc) is 3.85. The lowest BCUT2D eigenvalue weighted by Crippen LogP contribution is -2.32. The third kappa shape index (κ3) is 5.38. The number of nitrogens with zero attached hydrogens (tertiary/aromatic N) is 3. The lowest BCUT2D eigenvalue weighted by Gasteiger charge is -2.39. The first-order valence-electron chi connectivity index (χ1n) is 21.5. The van der Waals surface area contributed by atoms with Gasteiger partial charge in [-0.2, -0.15) is 0 Å². The predicted molar refractivity (Wildman–Crippen MR) is 252 cm³/mol. The van der Waals surface area contributed by atoms with E-state index in [1.54, 1.807) is 0 Å². The molecule has 2 heterocycles. The number of hydrogen-bond acceptors (Lipinski definition) is 4. The molecule has 4 heteroatoms. The molecule has 2 aliphatic carbocycles. The summed E-state index contributed by atoms with van der Waals surface area (Å²) in [5.74, 6) is 3.72. The van der Waals surface area contributed by atoms with Gasteiger partial charge in [0.15, 0.2) is 17.5 Å². The van der Waals surface area contributed by atoms with Crippen molar-refractivity contribution in [2.45, 2.75) is 11.3 Å².